The zero-order chi connectivity index (χ0) is 14.8. The minimum absolute atomic E-state index is 0.650. The molecule has 2 aromatic carbocycles. The number of aromatic nitrogens is 1. The van der Waals surface area contributed by atoms with E-state index in [1.165, 1.54) is 48.0 Å². The summed E-state index contributed by atoms with van der Waals surface area (Å²) in [6.45, 7) is 3.45. The van der Waals surface area contributed by atoms with Crippen LogP contribution in [0.3, 0.4) is 0 Å². The van der Waals surface area contributed by atoms with Crippen molar-refractivity contribution in [3.63, 3.8) is 0 Å². The maximum Gasteiger partial charge on any atom is 0.0456 e. The summed E-state index contributed by atoms with van der Waals surface area (Å²) in [6, 6.07) is 19.7. The van der Waals surface area contributed by atoms with Gasteiger partial charge in [-0.1, -0.05) is 42.5 Å². The van der Waals surface area contributed by atoms with E-state index in [-0.39, 0.29) is 0 Å². The van der Waals surface area contributed by atoms with Gasteiger partial charge in [0.15, 0.2) is 0 Å². The van der Waals surface area contributed by atoms with Crippen molar-refractivity contribution >= 4 is 10.9 Å². The molecule has 1 unspecified atom stereocenters. The standard InChI is InChI=1S/C20H22N2/c1-2-6-16(7-3-1)14-22-13-5-8-17(15-22)18-9-4-10-20-19(18)11-12-21-20/h1-4,6-7,9-12,17,21H,5,8,13-15H2. The highest BCUT2D eigenvalue weighted by Gasteiger charge is 2.22. The molecular weight excluding hydrogens is 268 g/mol. The first-order valence-corrected chi connectivity index (χ1v) is 8.22. The van der Waals surface area contributed by atoms with Gasteiger partial charge in [-0.3, -0.25) is 4.90 Å². The van der Waals surface area contributed by atoms with E-state index in [1.54, 1.807) is 0 Å². The second kappa shape index (κ2) is 5.98. The fraction of sp³-hybridized carbons (Fsp3) is 0.300. The Morgan fingerprint density at radius 1 is 1.00 bits per heavy atom. The van der Waals surface area contributed by atoms with Gasteiger partial charge >= 0.3 is 0 Å². The Bertz CT molecular complexity index is 745. The highest BCUT2D eigenvalue weighted by Crippen LogP contribution is 2.32. The summed E-state index contributed by atoms with van der Waals surface area (Å²) in [6.07, 6.45) is 4.65. The van der Waals surface area contributed by atoms with Crippen LogP contribution in [0.15, 0.2) is 60.8 Å². The van der Waals surface area contributed by atoms with Gasteiger partial charge in [0.1, 0.15) is 0 Å². The minimum atomic E-state index is 0.650. The van der Waals surface area contributed by atoms with Crippen molar-refractivity contribution < 1.29 is 0 Å². The number of fused-ring (bicyclic) bond motifs is 1. The molecule has 1 saturated heterocycles. The van der Waals surface area contributed by atoms with Crippen LogP contribution in [0.1, 0.15) is 29.9 Å². The number of piperidine rings is 1. The molecule has 1 aliphatic heterocycles. The molecule has 0 saturated carbocycles. The van der Waals surface area contributed by atoms with E-state index < -0.39 is 0 Å². The highest BCUT2D eigenvalue weighted by atomic mass is 15.1. The first kappa shape index (κ1) is 13.6. The van der Waals surface area contributed by atoms with E-state index in [9.17, 15) is 0 Å². The van der Waals surface area contributed by atoms with Gasteiger partial charge < -0.3 is 4.98 Å². The van der Waals surface area contributed by atoms with Crippen LogP contribution in [0.2, 0.25) is 0 Å². The van der Waals surface area contributed by atoms with Gasteiger partial charge in [0.25, 0.3) is 0 Å². The van der Waals surface area contributed by atoms with Crippen LogP contribution in [-0.2, 0) is 6.54 Å². The van der Waals surface area contributed by atoms with E-state index in [1.807, 2.05) is 0 Å². The molecule has 0 amide bonds. The Morgan fingerprint density at radius 3 is 2.82 bits per heavy atom. The number of hydrogen-bond donors (Lipinski definition) is 1. The predicted octanol–water partition coefficient (Wildman–Crippen LogP) is 4.55. The SMILES string of the molecule is c1ccc(CN2CCCC(c3cccc4[nH]ccc34)C2)cc1. The number of hydrogen-bond acceptors (Lipinski definition) is 1. The van der Waals surface area contributed by atoms with Gasteiger partial charge in [-0.2, -0.15) is 0 Å². The number of rotatable bonds is 3. The van der Waals surface area contributed by atoms with Gasteiger partial charge in [0.05, 0.1) is 0 Å². The van der Waals surface area contributed by atoms with Gasteiger partial charge in [0.2, 0.25) is 0 Å². The van der Waals surface area contributed by atoms with Crippen LogP contribution in [0.25, 0.3) is 10.9 Å². The number of H-pyrrole nitrogens is 1. The molecule has 112 valence electrons. The molecule has 1 aromatic heterocycles. The zero-order valence-electron chi connectivity index (χ0n) is 12.8. The van der Waals surface area contributed by atoms with Crippen molar-refractivity contribution in [3.8, 4) is 0 Å². The molecule has 0 bridgehead atoms. The van der Waals surface area contributed by atoms with Crippen LogP contribution in [0, 0.1) is 0 Å². The smallest absolute Gasteiger partial charge is 0.0456 e. The lowest BCUT2D eigenvalue weighted by atomic mass is 9.88. The number of aromatic amines is 1. The Kier molecular flexibility index (Phi) is 3.69. The van der Waals surface area contributed by atoms with E-state index in [2.05, 4.69) is 70.7 Å². The van der Waals surface area contributed by atoms with Crippen molar-refractivity contribution in [2.75, 3.05) is 13.1 Å². The third-order valence-corrected chi connectivity index (χ3v) is 4.82. The maximum atomic E-state index is 3.34. The number of benzene rings is 2. The molecule has 1 N–H and O–H groups in total. The molecule has 1 atom stereocenters. The first-order valence-electron chi connectivity index (χ1n) is 8.22. The summed E-state index contributed by atoms with van der Waals surface area (Å²) in [5, 5.41) is 1.40. The number of nitrogens with one attached hydrogen (secondary N) is 1. The minimum Gasteiger partial charge on any atom is -0.361 e. The lowest BCUT2D eigenvalue weighted by Crippen LogP contribution is -2.33. The largest absolute Gasteiger partial charge is 0.361 e. The van der Waals surface area contributed by atoms with Gasteiger partial charge in [-0.15, -0.1) is 0 Å². The quantitative estimate of drug-likeness (QED) is 0.750. The Hall–Kier alpha value is -2.06. The van der Waals surface area contributed by atoms with Crippen molar-refractivity contribution in [1.82, 2.24) is 9.88 Å². The second-order valence-corrected chi connectivity index (χ2v) is 6.35. The topological polar surface area (TPSA) is 19.0 Å². The summed E-state index contributed by atoms with van der Waals surface area (Å²) in [5.41, 5.74) is 4.19. The van der Waals surface area contributed by atoms with Crippen molar-refractivity contribution in [3.05, 3.63) is 71.9 Å². The van der Waals surface area contributed by atoms with Crippen molar-refractivity contribution in [1.29, 1.82) is 0 Å². The first-order chi connectivity index (χ1) is 10.9. The molecule has 0 aliphatic carbocycles. The lowest BCUT2D eigenvalue weighted by molar-refractivity contribution is 0.201. The van der Waals surface area contributed by atoms with E-state index in [0.29, 0.717) is 5.92 Å². The molecule has 2 heterocycles. The molecular formula is C20H22N2. The summed E-state index contributed by atoms with van der Waals surface area (Å²) < 4.78 is 0. The van der Waals surface area contributed by atoms with Crippen molar-refractivity contribution in [2.24, 2.45) is 0 Å². The van der Waals surface area contributed by atoms with Crippen LogP contribution in [0.4, 0.5) is 0 Å². The molecule has 1 fully saturated rings. The fourth-order valence-electron chi connectivity index (χ4n) is 3.76. The molecule has 2 heteroatoms. The second-order valence-electron chi connectivity index (χ2n) is 6.35. The molecule has 4 rings (SSSR count). The van der Waals surface area contributed by atoms with Gasteiger partial charge in [-0.05, 0) is 48.6 Å². The van der Waals surface area contributed by atoms with Crippen LogP contribution < -0.4 is 0 Å². The molecule has 1 aliphatic rings. The van der Waals surface area contributed by atoms with Crippen LogP contribution in [0.5, 0.6) is 0 Å². The maximum absolute atomic E-state index is 3.34. The average Bonchev–Trinajstić information content (AvgIpc) is 3.04. The third kappa shape index (κ3) is 2.67. The average molecular weight is 290 g/mol. The fourth-order valence-corrected chi connectivity index (χ4v) is 3.76. The summed E-state index contributed by atoms with van der Waals surface area (Å²) >= 11 is 0. The van der Waals surface area contributed by atoms with E-state index in [4.69, 9.17) is 0 Å². The van der Waals surface area contributed by atoms with Crippen LogP contribution in [-0.4, -0.2) is 23.0 Å². The molecule has 3 aromatic rings. The zero-order valence-corrected chi connectivity index (χ0v) is 12.8. The Morgan fingerprint density at radius 2 is 1.91 bits per heavy atom. The Balaban J connectivity index is 1.55. The summed E-state index contributed by atoms with van der Waals surface area (Å²) in [5.74, 6) is 0.650. The highest BCUT2D eigenvalue weighted by molar-refractivity contribution is 5.83. The normalized spacial score (nSPS) is 19.5. The molecule has 22 heavy (non-hydrogen) atoms. The number of nitrogens with zero attached hydrogens (tertiary/aromatic N) is 1. The monoisotopic (exact) mass is 290 g/mol. The molecule has 2 nitrogen and oxygen atoms in total. The Labute approximate surface area is 131 Å². The summed E-state index contributed by atoms with van der Waals surface area (Å²) in [4.78, 5) is 5.94. The van der Waals surface area contributed by atoms with Crippen molar-refractivity contribution in [2.45, 2.75) is 25.3 Å². The lowest BCUT2D eigenvalue weighted by Gasteiger charge is -2.33. The third-order valence-electron chi connectivity index (χ3n) is 4.82. The molecule has 0 spiro atoms. The van der Waals surface area contributed by atoms with E-state index in [0.717, 1.165) is 6.54 Å². The summed E-state index contributed by atoms with van der Waals surface area (Å²) in [7, 11) is 0. The van der Waals surface area contributed by atoms with Crippen LogP contribution >= 0.6 is 0 Å². The predicted molar refractivity (Wildman–Crippen MR) is 92.0 cm³/mol. The van der Waals surface area contributed by atoms with Gasteiger partial charge in [0, 0.05) is 30.2 Å². The number of likely N-dealkylation sites (tertiary alicyclic amines) is 1. The van der Waals surface area contributed by atoms with E-state index >= 15 is 0 Å². The molecule has 0 radical (unpaired) electrons. The van der Waals surface area contributed by atoms with Gasteiger partial charge in [-0.25, -0.2) is 0 Å².